The summed E-state index contributed by atoms with van der Waals surface area (Å²) in [5.74, 6) is 0. The normalized spacial score (nSPS) is 18.4. The molecule has 5 heterocycles. The quantitative estimate of drug-likeness (QED) is 0.420. The zero-order chi connectivity index (χ0) is 21.3. The molecule has 0 atom stereocenters. The first-order chi connectivity index (χ1) is 14.1. The summed E-state index contributed by atoms with van der Waals surface area (Å²) < 4.78 is 3.23. The van der Waals surface area contributed by atoms with Crippen LogP contribution in [-0.4, -0.2) is 43.5 Å². The average molecular weight is 477 g/mol. The molecule has 0 aromatic carbocycles. The van der Waals surface area contributed by atoms with Crippen molar-refractivity contribution in [3.8, 4) is 11.4 Å². The van der Waals surface area contributed by atoms with E-state index in [9.17, 15) is 0 Å². The number of nitrogens with zero attached hydrogens (tertiary/aromatic N) is 5. The van der Waals surface area contributed by atoms with Crippen LogP contribution in [0.25, 0.3) is 26.6 Å². The monoisotopic (exact) mass is 476 g/mol. The molecule has 9 heteroatoms. The predicted octanol–water partition coefficient (Wildman–Crippen LogP) is 5.54. The maximum Gasteiger partial charge on any atom is 0.194 e. The van der Waals surface area contributed by atoms with Crippen LogP contribution in [0.1, 0.15) is 45.4 Å². The van der Waals surface area contributed by atoms with Gasteiger partial charge >= 0.3 is 0 Å². The zero-order valence-corrected chi connectivity index (χ0v) is 21.2. The van der Waals surface area contributed by atoms with Crippen molar-refractivity contribution in [1.29, 1.82) is 0 Å². The first-order valence-corrected chi connectivity index (χ1v) is 12.0. The van der Waals surface area contributed by atoms with Crippen molar-refractivity contribution in [2.24, 2.45) is 0 Å². The molecule has 1 fully saturated rings. The molecular formula is C22H29ClN6S2. The van der Waals surface area contributed by atoms with Crippen molar-refractivity contribution >= 4 is 55.4 Å². The van der Waals surface area contributed by atoms with Gasteiger partial charge in [0.05, 0.1) is 16.6 Å². The second-order valence-electron chi connectivity index (χ2n) is 9.76. The fourth-order valence-electron chi connectivity index (χ4n) is 4.84. The smallest absolute Gasteiger partial charge is 0.194 e. The molecule has 0 bridgehead atoms. The Hall–Kier alpha value is -1.74. The topological polar surface area (TPSA) is 58.4 Å². The minimum atomic E-state index is 0. The molecule has 0 radical (unpaired) electrons. The highest BCUT2D eigenvalue weighted by Crippen LogP contribution is 2.36. The molecule has 1 N–H and O–H groups in total. The van der Waals surface area contributed by atoms with Crippen LogP contribution in [0.2, 0.25) is 0 Å². The Bertz CT molecular complexity index is 1190. The Balaban J connectivity index is 0.00000231. The fraction of sp³-hybridized carbons (Fsp3) is 0.500. The number of anilines is 1. The summed E-state index contributed by atoms with van der Waals surface area (Å²) in [6, 6.07) is 2.58. The minimum Gasteiger partial charge on any atom is -0.348 e. The van der Waals surface area contributed by atoms with Gasteiger partial charge in [-0.25, -0.2) is 9.97 Å². The number of aryl methyl sites for hydroxylation is 1. The lowest BCUT2D eigenvalue weighted by atomic mass is 9.79. The van der Waals surface area contributed by atoms with Gasteiger partial charge in [-0.2, -0.15) is 0 Å². The maximum absolute atomic E-state index is 4.90. The van der Waals surface area contributed by atoms with Gasteiger partial charge < -0.3 is 10.2 Å². The molecule has 0 saturated carbocycles. The Morgan fingerprint density at radius 2 is 1.77 bits per heavy atom. The van der Waals surface area contributed by atoms with Gasteiger partial charge in [0.15, 0.2) is 10.1 Å². The molecule has 0 spiro atoms. The largest absolute Gasteiger partial charge is 0.348 e. The van der Waals surface area contributed by atoms with Crippen molar-refractivity contribution in [3.05, 3.63) is 29.5 Å². The van der Waals surface area contributed by atoms with Gasteiger partial charge in [0.25, 0.3) is 0 Å². The maximum atomic E-state index is 4.90. The number of imidazole rings is 1. The van der Waals surface area contributed by atoms with Crippen molar-refractivity contribution < 1.29 is 0 Å². The summed E-state index contributed by atoms with van der Waals surface area (Å²) in [7, 11) is 2.18. The predicted molar refractivity (Wildman–Crippen MR) is 134 cm³/mol. The number of rotatable bonds is 3. The van der Waals surface area contributed by atoms with Crippen LogP contribution in [-0.2, 0) is 0 Å². The summed E-state index contributed by atoms with van der Waals surface area (Å²) in [5.41, 5.74) is 2.98. The molecule has 0 amide bonds. The molecule has 0 aliphatic carbocycles. The Morgan fingerprint density at radius 1 is 1.06 bits per heavy atom. The summed E-state index contributed by atoms with van der Waals surface area (Å²) >= 11 is 3.44. The Labute approximate surface area is 197 Å². The van der Waals surface area contributed by atoms with E-state index < -0.39 is 0 Å². The van der Waals surface area contributed by atoms with Crippen LogP contribution in [0.3, 0.4) is 0 Å². The summed E-state index contributed by atoms with van der Waals surface area (Å²) in [6.45, 7) is 11.3. The molecule has 1 saturated heterocycles. The summed E-state index contributed by atoms with van der Waals surface area (Å²) in [6.07, 6.45) is 8.24. The van der Waals surface area contributed by atoms with Gasteiger partial charge in [-0.05, 0) is 53.5 Å². The second-order valence-corrected chi connectivity index (χ2v) is 12.0. The number of hydrogen-bond acceptors (Lipinski definition) is 7. The van der Waals surface area contributed by atoms with Crippen molar-refractivity contribution in [3.63, 3.8) is 0 Å². The van der Waals surface area contributed by atoms with E-state index in [1.165, 1.54) is 4.88 Å². The number of fused-ring (bicyclic) bond motifs is 2. The summed E-state index contributed by atoms with van der Waals surface area (Å²) in [4.78, 5) is 18.9. The van der Waals surface area contributed by atoms with E-state index in [0.717, 1.165) is 44.5 Å². The van der Waals surface area contributed by atoms with Gasteiger partial charge in [0, 0.05) is 41.4 Å². The van der Waals surface area contributed by atoms with Gasteiger partial charge in [-0.3, -0.25) is 9.38 Å². The number of thiazole rings is 2. The second kappa shape index (κ2) is 7.69. The number of aromatic nitrogens is 4. The van der Waals surface area contributed by atoms with E-state index in [2.05, 4.69) is 79.7 Å². The zero-order valence-electron chi connectivity index (χ0n) is 18.8. The molecule has 1 aliphatic rings. The van der Waals surface area contributed by atoms with Crippen LogP contribution < -0.4 is 10.2 Å². The van der Waals surface area contributed by atoms with E-state index in [0.29, 0.717) is 6.04 Å². The van der Waals surface area contributed by atoms with Gasteiger partial charge in [0.2, 0.25) is 0 Å². The van der Waals surface area contributed by atoms with Crippen LogP contribution in [0.5, 0.6) is 0 Å². The Kier molecular flexibility index (Phi) is 5.57. The molecule has 5 rings (SSSR count). The minimum absolute atomic E-state index is 0. The van der Waals surface area contributed by atoms with E-state index in [1.54, 1.807) is 22.7 Å². The van der Waals surface area contributed by atoms with E-state index in [-0.39, 0.29) is 23.5 Å². The lowest BCUT2D eigenvalue weighted by Crippen LogP contribution is -2.61. The van der Waals surface area contributed by atoms with Crippen LogP contribution >= 0.6 is 35.1 Å². The highest BCUT2D eigenvalue weighted by molar-refractivity contribution is 7.22. The molecule has 0 unspecified atom stereocenters. The number of hydrogen-bond donors (Lipinski definition) is 1. The number of halogens is 1. The number of piperidine rings is 1. The van der Waals surface area contributed by atoms with Crippen molar-refractivity contribution in [1.82, 2.24) is 24.7 Å². The SMILES string of the molecule is Cc1cn2cc(-c3cc4sc(N(C)C5CC(C)(C)NC(C)(C)C5)nc4cn3)nc2s1.Cl. The molecule has 4 aromatic rings. The average Bonchev–Trinajstić information content (AvgIpc) is 3.29. The molecular weight excluding hydrogens is 448 g/mol. The third-order valence-corrected chi connectivity index (χ3v) is 7.84. The van der Waals surface area contributed by atoms with Crippen LogP contribution in [0, 0.1) is 6.92 Å². The van der Waals surface area contributed by atoms with Gasteiger partial charge in [-0.15, -0.1) is 23.7 Å². The first-order valence-electron chi connectivity index (χ1n) is 10.3. The highest BCUT2D eigenvalue weighted by atomic mass is 35.5. The van der Waals surface area contributed by atoms with Crippen molar-refractivity contribution in [2.45, 2.75) is 64.6 Å². The van der Waals surface area contributed by atoms with Gasteiger partial charge in [-0.1, -0.05) is 11.3 Å². The van der Waals surface area contributed by atoms with Gasteiger partial charge in [0.1, 0.15) is 11.2 Å². The number of pyridine rings is 1. The van der Waals surface area contributed by atoms with E-state index >= 15 is 0 Å². The molecule has 166 valence electrons. The van der Waals surface area contributed by atoms with Crippen LogP contribution in [0.15, 0.2) is 24.7 Å². The standard InChI is InChI=1S/C22H28N6S2.ClH/c1-13-11-28-12-17(25-20(28)29-13)15-7-18-16(10-23-15)24-19(30-18)27(6)14-8-21(2,3)26-22(4,5)9-14;/h7,10-12,14,26H,8-9H2,1-6H3;1H. The van der Waals surface area contributed by atoms with E-state index in [4.69, 9.17) is 9.97 Å². The van der Waals surface area contributed by atoms with Crippen LogP contribution in [0.4, 0.5) is 5.13 Å². The van der Waals surface area contributed by atoms with E-state index in [1.807, 2.05) is 6.20 Å². The third-order valence-electron chi connectivity index (χ3n) is 5.82. The lowest BCUT2D eigenvalue weighted by molar-refractivity contribution is 0.161. The Morgan fingerprint density at radius 3 is 2.45 bits per heavy atom. The third kappa shape index (κ3) is 4.31. The molecule has 31 heavy (non-hydrogen) atoms. The molecule has 1 aliphatic heterocycles. The van der Waals surface area contributed by atoms with Crippen molar-refractivity contribution in [2.75, 3.05) is 11.9 Å². The molecule has 4 aromatic heterocycles. The highest BCUT2D eigenvalue weighted by Gasteiger charge is 2.39. The first kappa shape index (κ1) is 22.5. The fourth-order valence-corrected chi connectivity index (χ4v) is 6.66. The summed E-state index contributed by atoms with van der Waals surface area (Å²) in [5, 5.41) is 4.83. The lowest BCUT2D eigenvalue weighted by Gasteiger charge is -2.48. The molecule has 6 nitrogen and oxygen atoms in total. The number of nitrogens with one attached hydrogen (secondary N) is 1.